The first-order chi connectivity index (χ1) is 26.8. The molecule has 4 aliphatic rings. The van der Waals surface area contributed by atoms with E-state index in [9.17, 15) is 10.2 Å². The zero-order valence-corrected chi connectivity index (χ0v) is 33.5. The zero-order chi connectivity index (χ0) is 39.9. The van der Waals surface area contributed by atoms with E-state index in [1.165, 1.54) is 24.4 Å². The van der Waals surface area contributed by atoms with Gasteiger partial charge in [0.25, 0.3) is 0 Å². The molecule has 8 rings (SSSR count). The van der Waals surface area contributed by atoms with E-state index >= 15 is 13.2 Å². The summed E-state index contributed by atoms with van der Waals surface area (Å²) in [6.45, 7) is 13.1. The monoisotopic (exact) mass is 779 g/mol. The van der Waals surface area contributed by atoms with Crippen LogP contribution in [0.5, 0.6) is 11.8 Å². The molecule has 304 valence electrons. The minimum atomic E-state index is -1.22. The Hall–Kier alpha value is -3.78. The van der Waals surface area contributed by atoms with E-state index in [1.54, 1.807) is 13.0 Å². The van der Waals surface area contributed by atoms with Crippen LogP contribution in [-0.2, 0) is 15.9 Å². The summed E-state index contributed by atoms with van der Waals surface area (Å²) in [6, 6.07) is 6.06. The van der Waals surface area contributed by atoms with Gasteiger partial charge in [0.1, 0.15) is 40.4 Å². The van der Waals surface area contributed by atoms with Gasteiger partial charge in [-0.05, 0) is 93.8 Å². The summed E-state index contributed by atoms with van der Waals surface area (Å²) in [7, 11) is 0. The van der Waals surface area contributed by atoms with Crippen molar-refractivity contribution in [3.63, 3.8) is 0 Å². The molecule has 0 amide bonds. The molecule has 13 heteroatoms. The molecular formula is C43H56F3N5O5. The van der Waals surface area contributed by atoms with E-state index < -0.39 is 28.8 Å². The average molecular weight is 780 g/mol. The minimum Gasteiger partial charge on any atom is -0.508 e. The van der Waals surface area contributed by atoms with Gasteiger partial charge in [-0.25, -0.2) is 13.2 Å². The molecule has 0 bridgehead atoms. The first kappa shape index (κ1) is 40.4. The number of ether oxygens (including phenoxy) is 3. The van der Waals surface area contributed by atoms with Gasteiger partial charge in [-0.2, -0.15) is 9.97 Å². The van der Waals surface area contributed by atoms with Gasteiger partial charge in [0.2, 0.25) is 0 Å². The third-order valence-electron chi connectivity index (χ3n) is 12.1. The summed E-state index contributed by atoms with van der Waals surface area (Å²) >= 11 is 0. The molecule has 2 aromatic heterocycles. The highest BCUT2D eigenvalue weighted by molar-refractivity contribution is 6.01. The number of anilines is 1. The number of nitrogens with zero attached hydrogens (tertiary/aromatic N) is 5. The second-order valence-electron chi connectivity index (χ2n) is 16.4. The number of phenolic OH excluding ortho intramolecular Hbond substituents is 1. The van der Waals surface area contributed by atoms with Crippen LogP contribution in [0.15, 0.2) is 30.5 Å². The lowest BCUT2D eigenvalue weighted by Crippen LogP contribution is -2.60. The average Bonchev–Trinajstić information content (AvgIpc) is 3.49. The third kappa shape index (κ3) is 7.76. The number of hydrogen-bond acceptors (Lipinski definition) is 10. The number of benzene rings is 2. The minimum absolute atomic E-state index is 0.0692. The number of hydrogen-bond donors (Lipinski definition) is 2. The molecule has 4 aromatic rings. The fraction of sp³-hybridized carbons (Fsp3) is 0.605. The van der Waals surface area contributed by atoms with Crippen molar-refractivity contribution in [1.82, 2.24) is 19.9 Å². The van der Waals surface area contributed by atoms with Gasteiger partial charge in [-0.3, -0.25) is 9.88 Å². The van der Waals surface area contributed by atoms with Crippen molar-refractivity contribution in [2.45, 2.75) is 123 Å². The number of likely N-dealkylation sites (tertiary alicyclic amines) is 1. The molecule has 5 heterocycles. The van der Waals surface area contributed by atoms with Gasteiger partial charge in [0.05, 0.1) is 44.0 Å². The maximum Gasteiger partial charge on any atom is 0.319 e. The number of pyridine rings is 1. The Morgan fingerprint density at radius 2 is 1.86 bits per heavy atom. The molecule has 56 heavy (non-hydrogen) atoms. The number of aryl methyl sites for hydroxylation is 1. The Labute approximate surface area is 327 Å². The number of alkyl halides is 1. The second kappa shape index (κ2) is 16.2. The van der Waals surface area contributed by atoms with Crippen LogP contribution in [0.25, 0.3) is 32.9 Å². The lowest BCUT2D eigenvalue weighted by molar-refractivity contribution is -0.110. The standard InChI is InChI=1S/C41H50F3N5O5.C2H6/c1-5-29-32(43)9-8-25-15-28(50)16-30(34(25)29)36-35(44)37-31(18-45-36)38(48-11-12-52-21-40(4,51)20-48)47-39(46-37)53-22-41-10-6-7-33(41)49(19-26(42)17-41)27-13-23(2)54-24(3)14-27;1-2/h8-9,15-16,18,23-24,26-27,33,50-51H,5-7,10-14,17,19-22H2,1-4H3;1-2H3. The quantitative estimate of drug-likeness (QED) is 0.192. The first-order valence-corrected chi connectivity index (χ1v) is 20.4. The Morgan fingerprint density at radius 1 is 1.09 bits per heavy atom. The Balaban J connectivity index is 0.00000237. The molecule has 1 saturated carbocycles. The van der Waals surface area contributed by atoms with Gasteiger partial charge in [0.15, 0.2) is 5.82 Å². The van der Waals surface area contributed by atoms with Crippen molar-refractivity contribution in [1.29, 1.82) is 0 Å². The van der Waals surface area contributed by atoms with E-state index in [2.05, 4.69) is 28.7 Å². The maximum atomic E-state index is 17.1. The first-order valence-electron chi connectivity index (χ1n) is 20.4. The van der Waals surface area contributed by atoms with Gasteiger partial charge >= 0.3 is 6.01 Å². The Morgan fingerprint density at radius 3 is 2.61 bits per heavy atom. The number of phenols is 1. The third-order valence-corrected chi connectivity index (χ3v) is 12.1. The molecule has 3 saturated heterocycles. The highest BCUT2D eigenvalue weighted by Crippen LogP contribution is 2.50. The van der Waals surface area contributed by atoms with Gasteiger partial charge in [-0.1, -0.05) is 33.3 Å². The van der Waals surface area contributed by atoms with Crippen LogP contribution in [0, 0.1) is 17.0 Å². The molecule has 6 unspecified atom stereocenters. The Bertz CT molecular complexity index is 2040. The number of aromatic hydroxyl groups is 1. The molecular weight excluding hydrogens is 723 g/mol. The highest BCUT2D eigenvalue weighted by Gasteiger charge is 2.53. The number of β-amino-alcohol motifs (C(OH)–C–C–N with tert-alkyl or cyclic N) is 1. The second-order valence-corrected chi connectivity index (χ2v) is 16.4. The zero-order valence-electron chi connectivity index (χ0n) is 33.5. The molecule has 6 atom stereocenters. The maximum absolute atomic E-state index is 17.1. The summed E-state index contributed by atoms with van der Waals surface area (Å²) in [5.74, 6) is -1.02. The van der Waals surface area contributed by atoms with E-state index in [4.69, 9.17) is 19.2 Å². The fourth-order valence-corrected chi connectivity index (χ4v) is 9.95. The van der Waals surface area contributed by atoms with Crippen molar-refractivity contribution in [3.8, 4) is 23.0 Å². The summed E-state index contributed by atoms with van der Waals surface area (Å²) in [5, 5.41) is 23.1. The molecule has 2 N–H and O–H groups in total. The van der Waals surface area contributed by atoms with Crippen molar-refractivity contribution in [2.24, 2.45) is 5.41 Å². The predicted molar refractivity (Wildman–Crippen MR) is 211 cm³/mol. The van der Waals surface area contributed by atoms with Gasteiger partial charge in [0, 0.05) is 42.3 Å². The number of rotatable bonds is 7. The van der Waals surface area contributed by atoms with Crippen LogP contribution in [0.3, 0.4) is 0 Å². The van der Waals surface area contributed by atoms with E-state index in [1.807, 2.05) is 25.7 Å². The van der Waals surface area contributed by atoms with Crippen LogP contribution < -0.4 is 9.64 Å². The van der Waals surface area contributed by atoms with Crippen LogP contribution in [0.2, 0.25) is 0 Å². The number of aromatic nitrogens is 3. The van der Waals surface area contributed by atoms with Crippen LogP contribution >= 0.6 is 0 Å². The topological polar surface area (TPSA) is 113 Å². The molecule has 4 fully saturated rings. The lowest BCUT2D eigenvalue weighted by Gasteiger charge is -2.52. The van der Waals surface area contributed by atoms with Crippen LogP contribution in [0.4, 0.5) is 19.0 Å². The molecule has 1 aliphatic carbocycles. The normalized spacial score (nSPS) is 29.8. The van der Waals surface area contributed by atoms with Gasteiger partial charge in [-0.15, -0.1) is 0 Å². The molecule has 2 aromatic carbocycles. The molecule has 3 aliphatic heterocycles. The largest absolute Gasteiger partial charge is 0.508 e. The van der Waals surface area contributed by atoms with E-state index in [0.717, 1.165) is 32.1 Å². The SMILES string of the molecule is CC.CCc1c(F)ccc2cc(O)cc(-c3ncc4c(N5CCOCC(C)(O)C5)nc(OCC56CCCC5N(C5CC(C)OC(C)C5)CC(F)C6)nc4c3F)c12. The summed E-state index contributed by atoms with van der Waals surface area (Å²) in [4.78, 5) is 18.2. The number of halogens is 3. The van der Waals surface area contributed by atoms with E-state index in [0.29, 0.717) is 60.1 Å². The van der Waals surface area contributed by atoms with Crippen molar-refractivity contribution in [3.05, 3.63) is 47.7 Å². The van der Waals surface area contributed by atoms with Crippen LogP contribution in [-0.4, -0.2) is 106 Å². The summed E-state index contributed by atoms with van der Waals surface area (Å²) < 4.78 is 66.3. The lowest BCUT2D eigenvalue weighted by atomic mass is 9.73. The number of piperidine rings is 1. The predicted octanol–water partition coefficient (Wildman–Crippen LogP) is 7.92. The Kier molecular flexibility index (Phi) is 11.7. The molecule has 0 radical (unpaired) electrons. The molecule has 10 nitrogen and oxygen atoms in total. The number of aliphatic hydroxyl groups is 1. The summed E-state index contributed by atoms with van der Waals surface area (Å²) in [5.41, 5.74) is -1.28. The van der Waals surface area contributed by atoms with E-state index in [-0.39, 0.29) is 72.6 Å². The van der Waals surface area contributed by atoms with Crippen molar-refractivity contribution >= 4 is 27.5 Å². The fourth-order valence-electron chi connectivity index (χ4n) is 9.95. The molecule has 0 spiro atoms. The van der Waals surface area contributed by atoms with Crippen molar-refractivity contribution < 1.29 is 37.6 Å². The van der Waals surface area contributed by atoms with Gasteiger partial charge < -0.3 is 29.3 Å². The summed E-state index contributed by atoms with van der Waals surface area (Å²) in [6.07, 6.45) is 5.71. The smallest absolute Gasteiger partial charge is 0.319 e. The van der Waals surface area contributed by atoms with Crippen molar-refractivity contribution in [2.75, 3.05) is 44.4 Å². The number of fused-ring (bicyclic) bond motifs is 3. The highest BCUT2D eigenvalue weighted by atomic mass is 19.1. The van der Waals surface area contributed by atoms with Crippen LogP contribution in [0.1, 0.15) is 85.6 Å².